The van der Waals surface area contributed by atoms with Gasteiger partial charge in [-0.15, -0.1) is 11.3 Å². The molecule has 0 spiro atoms. The SMILES string of the molecule is Nc1ccc(CNC(=O)[C@H](Cc2ccc(F)cc2)NC(=O)c2cc3ccccc3s2)cn1. The third kappa shape index (κ3) is 5.28. The van der Waals surface area contributed by atoms with Gasteiger partial charge in [0.05, 0.1) is 4.88 Å². The lowest BCUT2D eigenvalue weighted by molar-refractivity contribution is -0.123. The Kier molecular flexibility index (Phi) is 6.42. The zero-order chi connectivity index (χ0) is 22.5. The molecule has 6 nitrogen and oxygen atoms in total. The Morgan fingerprint density at radius 1 is 1.03 bits per heavy atom. The highest BCUT2D eigenvalue weighted by Gasteiger charge is 2.23. The second-order valence-electron chi connectivity index (χ2n) is 7.31. The summed E-state index contributed by atoms with van der Waals surface area (Å²) in [5.41, 5.74) is 7.11. The van der Waals surface area contributed by atoms with E-state index in [1.165, 1.54) is 23.5 Å². The molecule has 162 valence electrons. The van der Waals surface area contributed by atoms with Crippen LogP contribution in [0.2, 0.25) is 0 Å². The number of anilines is 1. The number of benzene rings is 2. The van der Waals surface area contributed by atoms with Crippen molar-refractivity contribution in [1.82, 2.24) is 15.6 Å². The van der Waals surface area contributed by atoms with E-state index in [1.54, 1.807) is 30.5 Å². The van der Waals surface area contributed by atoms with Crippen molar-refractivity contribution >= 4 is 39.1 Å². The number of nitrogens with zero attached hydrogens (tertiary/aromatic N) is 1. The van der Waals surface area contributed by atoms with Crippen molar-refractivity contribution in [3.63, 3.8) is 0 Å². The molecule has 0 fully saturated rings. The summed E-state index contributed by atoms with van der Waals surface area (Å²) in [5.74, 6) is -0.645. The van der Waals surface area contributed by atoms with E-state index in [4.69, 9.17) is 5.73 Å². The molecule has 1 atom stereocenters. The fraction of sp³-hybridized carbons (Fsp3) is 0.125. The summed E-state index contributed by atoms with van der Waals surface area (Å²) in [6.45, 7) is 0.241. The first-order valence-electron chi connectivity index (χ1n) is 10.00. The fourth-order valence-electron chi connectivity index (χ4n) is 3.24. The minimum atomic E-state index is -0.833. The highest BCUT2D eigenvalue weighted by Crippen LogP contribution is 2.25. The first kappa shape index (κ1) is 21.5. The highest BCUT2D eigenvalue weighted by molar-refractivity contribution is 7.20. The molecule has 0 aliphatic rings. The molecule has 32 heavy (non-hydrogen) atoms. The molecular weight excluding hydrogens is 427 g/mol. The van der Waals surface area contributed by atoms with Gasteiger partial charge in [0.1, 0.15) is 17.7 Å². The van der Waals surface area contributed by atoms with Gasteiger partial charge in [-0.3, -0.25) is 9.59 Å². The molecule has 0 aliphatic heterocycles. The van der Waals surface area contributed by atoms with Crippen LogP contribution in [0.25, 0.3) is 10.1 Å². The molecule has 4 rings (SSSR count). The Labute approximate surface area is 188 Å². The average Bonchev–Trinajstić information content (AvgIpc) is 3.24. The maximum absolute atomic E-state index is 13.3. The summed E-state index contributed by atoms with van der Waals surface area (Å²) in [4.78, 5) is 30.4. The van der Waals surface area contributed by atoms with E-state index in [0.717, 1.165) is 21.2 Å². The molecule has 4 aromatic rings. The van der Waals surface area contributed by atoms with Gasteiger partial charge in [0.15, 0.2) is 0 Å². The van der Waals surface area contributed by atoms with E-state index in [9.17, 15) is 14.0 Å². The van der Waals surface area contributed by atoms with Crippen LogP contribution in [0, 0.1) is 5.82 Å². The van der Waals surface area contributed by atoms with Crippen LogP contribution in [0.5, 0.6) is 0 Å². The second-order valence-corrected chi connectivity index (χ2v) is 8.40. The van der Waals surface area contributed by atoms with E-state index in [0.29, 0.717) is 10.7 Å². The van der Waals surface area contributed by atoms with Crippen molar-refractivity contribution in [2.45, 2.75) is 19.0 Å². The number of hydrogen-bond acceptors (Lipinski definition) is 5. The van der Waals surface area contributed by atoms with Gasteiger partial charge in [-0.2, -0.15) is 0 Å². The largest absolute Gasteiger partial charge is 0.384 e. The van der Waals surface area contributed by atoms with E-state index in [2.05, 4.69) is 15.6 Å². The molecule has 2 heterocycles. The van der Waals surface area contributed by atoms with E-state index in [1.807, 2.05) is 30.3 Å². The van der Waals surface area contributed by atoms with Crippen molar-refractivity contribution in [3.8, 4) is 0 Å². The molecule has 2 amide bonds. The molecule has 4 N–H and O–H groups in total. The average molecular weight is 449 g/mol. The smallest absolute Gasteiger partial charge is 0.262 e. The number of fused-ring (bicyclic) bond motifs is 1. The quantitative estimate of drug-likeness (QED) is 0.402. The number of nitrogens with two attached hydrogens (primary N) is 1. The molecule has 0 bridgehead atoms. The van der Waals surface area contributed by atoms with Crippen LogP contribution in [0.15, 0.2) is 72.9 Å². The summed E-state index contributed by atoms with van der Waals surface area (Å²) in [7, 11) is 0. The van der Waals surface area contributed by atoms with Crippen LogP contribution in [-0.2, 0) is 17.8 Å². The summed E-state index contributed by atoms with van der Waals surface area (Å²) < 4.78 is 14.3. The predicted octanol–water partition coefficient (Wildman–Crippen LogP) is 3.68. The normalized spacial score (nSPS) is 11.8. The Morgan fingerprint density at radius 3 is 2.50 bits per heavy atom. The lowest BCUT2D eigenvalue weighted by Gasteiger charge is -2.18. The Morgan fingerprint density at radius 2 is 1.78 bits per heavy atom. The number of carbonyl (C=O) groups excluding carboxylic acids is 2. The van der Waals surface area contributed by atoms with Crippen LogP contribution in [-0.4, -0.2) is 22.8 Å². The molecule has 0 radical (unpaired) electrons. The lowest BCUT2D eigenvalue weighted by atomic mass is 10.0. The molecule has 0 saturated heterocycles. The fourth-order valence-corrected chi connectivity index (χ4v) is 4.21. The zero-order valence-corrected chi connectivity index (χ0v) is 17.9. The number of hydrogen-bond donors (Lipinski definition) is 3. The van der Waals surface area contributed by atoms with Crippen LogP contribution >= 0.6 is 11.3 Å². The number of nitrogen functional groups attached to an aromatic ring is 1. The number of aromatic nitrogens is 1. The molecule has 0 unspecified atom stereocenters. The Hall–Kier alpha value is -3.78. The molecular formula is C24H21FN4O2S. The summed E-state index contributed by atoms with van der Waals surface area (Å²) in [5, 5.41) is 6.63. The number of halogens is 1. The Bertz CT molecular complexity index is 1210. The van der Waals surface area contributed by atoms with Crippen molar-refractivity contribution in [2.24, 2.45) is 0 Å². The van der Waals surface area contributed by atoms with Gasteiger partial charge in [-0.1, -0.05) is 36.4 Å². The van der Waals surface area contributed by atoms with Crippen molar-refractivity contribution in [2.75, 3.05) is 5.73 Å². The highest BCUT2D eigenvalue weighted by atomic mass is 32.1. The van der Waals surface area contributed by atoms with E-state index < -0.39 is 6.04 Å². The van der Waals surface area contributed by atoms with E-state index >= 15 is 0 Å². The minimum absolute atomic E-state index is 0.225. The third-order valence-corrected chi connectivity index (χ3v) is 6.05. The van der Waals surface area contributed by atoms with Crippen LogP contribution < -0.4 is 16.4 Å². The van der Waals surface area contributed by atoms with Gasteiger partial charge >= 0.3 is 0 Å². The number of pyridine rings is 1. The second kappa shape index (κ2) is 9.57. The van der Waals surface area contributed by atoms with Gasteiger partial charge in [0.2, 0.25) is 5.91 Å². The summed E-state index contributed by atoms with van der Waals surface area (Å²) in [6, 6.07) is 18.0. The minimum Gasteiger partial charge on any atom is -0.384 e. The van der Waals surface area contributed by atoms with Crippen molar-refractivity contribution < 1.29 is 14.0 Å². The van der Waals surface area contributed by atoms with Gasteiger partial charge in [0, 0.05) is 23.9 Å². The van der Waals surface area contributed by atoms with Crippen molar-refractivity contribution in [3.05, 3.63) is 94.7 Å². The number of nitrogens with one attached hydrogen (secondary N) is 2. The van der Waals surface area contributed by atoms with Gasteiger partial charge in [0.25, 0.3) is 5.91 Å². The van der Waals surface area contributed by atoms with Gasteiger partial charge < -0.3 is 16.4 Å². The monoisotopic (exact) mass is 448 g/mol. The maximum atomic E-state index is 13.3. The molecule has 2 aromatic heterocycles. The lowest BCUT2D eigenvalue weighted by Crippen LogP contribution is -2.47. The predicted molar refractivity (Wildman–Crippen MR) is 124 cm³/mol. The van der Waals surface area contributed by atoms with Crippen LogP contribution in [0.4, 0.5) is 10.2 Å². The van der Waals surface area contributed by atoms with Gasteiger partial charge in [-0.25, -0.2) is 9.37 Å². The first-order valence-corrected chi connectivity index (χ1v) is 10.8. The number of rotatable bonds is 7. The van der Waals surface area contributed by atoms with Crippen LogP contribution in [0.3, 0.4) is 0 Å². The zero-order valence-electron chi connectivity index (χ0n) is 17.0. The van der Waals surface area contributed by atoms with Gasteiger partial charge in [-0.05, 0) is 46.8 Å². The number of carbonyl (C=O) groups is 2. The third-order valence-electron chi connectivity index (χ3n) is 4.94. The standard InChI is InChI=1S/C24H21FN4O2S/c25-18-8-5-15(6-9-18)11-19(23(30)28-14-16-7-10-22(26)27-13-16)29-24(31)21-12-17-3-1-2-4-20(17)32-21/h1-10,12-13,19H,11,14H2,(H2,26,27)(H,28,30)(H,29,31)/t19-/m0/s1. The molecule has 0 aliphatic carbocycles. The number of amides is 2. The Balaban J connectivity index is 1.50. The van der Waals surface area contributed by atoms with E-state index in [-0.39, 0.29) is 30.6 Å². The molecule has 8 heteroatoms. The summed E-state index contributed by atoms with van der Waals surface area (Å²) >= 11 is 1.37. The topological polar surface area (TPSA) is 97.1 Å². The maximum Gasteiger partial charge on any atom is 0.262 e. The van der Waals surface area contributed by atoms with Crippen LogP contribution in [0.1, 0.15) is 20.8 Å². The number of thiophene rings is 1. The first-order chi connectivity index (χ1) is 15.5. The molecule has 2 aromatic carbocycles. The summed E-state index contributed by atoms with van der Waals surface area (Å²) in [6.07, 6.45) is 1.81. The molecule has 0 saturated carbocycles. The van der Waals surface area contributed by atoms with Crippen molar-refractivity contribution in [1.29, 1.82) is 0 Å².